The molecule has 2 aromatic carbocycles. The second kappa shape index (κ2) is 9.60. The van der Waals surface area contributed by atoms with Gasteiger partial charge in [-0.2, -0.15) is 0 Å². The van der Waals surface area contributed by atoms with Gasteiger partial charge in [0.25, 0.3) is 5.91 Å². The van der Waals surface area contributed by atoms with Crippen LogP contribution in [0, 0.1) is 0 Å². The van der Waals surface area contributed by atoms with E-state index < -0.39 is 0 Å². The number of benzene rings is 2. The van der Waals surface area contributed by atoms with Gasteiger partial charge in [0, 0.05) is 49.2 Å². The average Bonchev–Trinajstić information content (AvgIpc) is 3.23. The smallest absolute Gasteiger partial charge is 0.253 e. The number of amides is 1. The third kappa shape index (κ3) is 4.84. The molecule has 3 rings (SSSR count). The van der Waals surface area contributed by atoms with Crippen molar-refractivity contribution in [3.05, 3.63) is 54.1 Å². The van der Waals surface area contributed by atoms with Crippen molar-refractivity contribution in [2.75, 3.05) is 44.2 Å². The van der Waals surface area contributed by atoms with E-state index >= 15 is 0 Å². The van der Waals surface area contributed by atoms with Crippen LogP contribution < -0.4 is 4.90 Å². The highest BCUT2D eigenvalue weighted by atomic mass is 16.3. The first-order valence-electron chi connectivity index (χ1n) is 10.3. The molecule has 1 aliphatic rings. The number of carbonyl (C=O) groups is 1. The summed E-state index contributed by atoms with van der Waals surface area (Å²) in [6.07, 6.45) is 2.54. The highest BCUT2D eigenvalue weighted by Gasteiger charge is 2.17. The normalized spacial score (nSPS) is 14.2. The predicted octanol–water partition coefficient (Wildman–Crippen LogP) is 4.11. The first-order valence-corrected chi connectivity index (χ1v) is 10.3. The first kappa shape index (κ1) is 20.2. The molecule has 0 aromatic heterocycles. The van der Waals surface area contributed by atoms with E-state index in [-0.39, 0.29) is 11.7 Å². The fourth-order valence-corrected chi connectivity index (χ4v) is 3.79. The number of aromatic hydroxyl groups is 1. The zero-order chi connectivity index (χ0) is 19.9. The Bertz CT molecular complexity index is 766. The van der Waals surface area contributed by atoms with E-state index in [1.165, 1.54) is 12.8 Å². The number of phenols is 1. The van der Waals surface area contributed by atoms with Gasteiger partial charge in [0.05, 0.1) is 0 Å². The molecule has 0 radical (unpaired) electrons. The van der Waals surface area contributed by atoms with Crippen LogP contribution in [0.5, 0.6) is 5.75 Å². The average molecular weight is 382 g/mol. The minimum absolute atomic E-state index is 0.0672. The lowest BCUT2D eigenvalue weighted by Gasteiger charge is -2.28. The van der Waals surface area contributed by atoms with Crippen molar-refractivity contribution in [3.63, 3.8) is 0 Å². The number of likely N-dealkylation sites (tertiary alicyclic amines) is 1. The van der Waals surface area contributed by atoms with Crippen LogP contribution in [-0.4, -0.2) is 60.1 Å². The molecule has 2 aromatic rings. The maximum Gasteiger partial charge on any atom is 0.253 e. The SMILES string of the molecule is CCN(CC)C(=O)c1ccc(N(CCN2CCCC2)c2cccc(O)c2)cc1. The van der Waals surface area contributed by atoms with Crippen molar-refractivity contribution < 1.29 is 9.90 Å². The van der Waals surface area contributed by atoms with Crippen LogP contribution in [0.25, 0.3) is 0 Å². The van der Waals surface area contributed by atoms with Gasteiger partial charge >= 0.3 is 0 Å². The minimum Gasteiger partial charge on any atom is -0.508 e. The second-order valence-electron chi connectivity index (χ2n) is 7.24. The molecule has 1 fully saturated rings. The van der Waals surface area contributed by atoms with Crippen LogP contribution in [0.4, 0.5) is 11.4 Å². The molecule has 1 aliphatic heterocycles. The van der Waals surface area contributed by atoms with Crippen LogP contribution in [0.1, 0.15) is 37.0 Å². The van der Waals surface area contributed by atoms with Crippen LogP contribution in [-0.2, 0) is 0 Å². The predicted molar refractivity (Wildman–Crippen MR) is 114 cm³/mol. The molecule has 1 amide bonds. The minimum atomic E-state index is 0.0672. The third-order valence-electron chi connectivity index (χ3n) is 5.46. The number of hydrogen-bond acceptors (Lipinski definition) is 4. The number of phenolic OH excluding ortho intramolecular Hbond substituents is 1. The standard InChI is InChI=1S/C23H31N3O2/c1-3-25(4-2)23(28)19-10-12-20(13-11-19)26(17-16-24-14-5-6-15-24)21-8-7-9-22(27)18-21/h7-13,18,27H,3-6,14-17H2,1-2H3. The molecule has 0 spiro atoms. The highest BCUT2D eigenvalue weighted by Crippen LogP contribution is 2.28. The van der Waals surface area contributed by atoms with Crippen LogP contribution in [0.3, 0.4) is 0 Å². The van der Waals surface area contributed by atoms with Gasteiger partial charge in [-0.3, -0.25) is 4.79 Å². The Morgan fingerprint density at radius 1 is 1.00 bits per heavy atom. The lowest BCUT2D eigenvalue weighted by atomic mass is 10.1. The molecular formula is C23H31N3O2. The monoisotopic (exact) mass is 381 g/mol. The summed E-state index contributed by atoms with van der Waals surface area (Å²) in [5.41, 5.74) is 2.70. The van der Waals surface area contributed by atoms with E-state index in [1.54, 1.807) is 12.1 Å². The third-order valence-corrected chi connectivity index (χ3v) is 5.46. The Kier molecular flexibility index (Phi) is 6.93. The zero-order valence-electron chi connectivity index (χ0n) is 17.0. The van der Waals surface area contributed by atoms with E-state index in [2.05, 4.69) is 9.80 Å². The highest BCUT2D eigenvalue weighted by molar-refractivity contribution is 5.94. The molecule has 1 N–H and O–H groups in total. The molecule has 0 saturated carbocycles. The first-order chi connectivity index (χ1) is 13.6. The molecule has 28 heavy (non-hydrogen) atoms. The van der Waals surface area contributed by atoms with Gasteiger partial charge in [-0.05, 0) is 76.2 Å². The Morgan fingerprint density at radius 2 is 1.68 bits per heavy atom. The van der Waals surface area contributed by atoms with Crippen LogP contribution >= 0.6 is 0 Å². The van der Waals surface area contributed by atoms with Gasteiger partial charge in [0.2, 0.25) is 0 Å². The Morgan fingerprint density at radius 3 is 2.29 bits per heavy atom. The summed E-state index contributed by atoms with van der Waals surface area (Å²) in [7, 11) is 0. The number of rotatable bonds is 8. The summed E-state index contributed by atoms with van der Waals surface area (Å²) in [4.78, 5) is 19.1. The zero-order valence-corrected chi connectivity index (χ0v) is 17.0. The topological polar surface area (TPSA) is 47.0 Å². The number of anilines is 2. The maximum absolute atomic E-state index is 12.6. The van der Waals surface area contributed by atoms with Gasteiger partial charge < -0.3 is 19.8 Å². The lowest BCUT2D eigenvalue weighted by molar-refractivity contribution is 0.0773. The maximum atomic E-state index is 12.6. The molecule has 1 saturated heterocycles. The summed E-state index contributed by atoms with van der Waals surface area (Å²) in [5, 5.41) is 9.93. The fourth-order valence-electron chi connectivity index (χ4n) is 3.79. The molecular weight excluding hydrogens is 350 g/mol. The largest absolute Gasteiger partial charge is 0.508 e. The summed E-state index contributed by atoms with van der Waals surface area (Å²) in [5.74, 6) is 0.328. The molecule has 1 heterocycles. The van der Waals surface area contributed by atoms with E-state index in [0.717, 1.165) is 37.6 Å². The Labute approximate surface area is 168 Å². The van der Waals surface area contributed by atoms with Crippen molar-refractivity contribution in [3.8, 4) is 5.75 Å². The fraction of sp³-hybridized carbons (Fsp3) is 0.435. The molecule has 0 aliphatic carbocycles. The van der Waals surface area contributed by atoms with Crippen molar-refractivity contribution in [2.45, 2.75) is 26.7 Å². The van der Waals surface area contributed by atoms with Gasteiger partial charge in [-0.25, -0.2) is 0 Å². The van der Waals surface area contributed by atoms with Gasteiger partial charge in [0.1, 0.15) is 5.75 Å². The van der Waals surface area contributed by atoms with Crippen molar-refractivity contribution in [1.82, 2.24) is 9.80 Å². The van der Waals surface area contributed by atoms with E-state index in [0.29, 0.717) is 18.7 Å². The number of nitrogens with zero attached hydrogens (tertiary/aromatic N) is 3. The van der Waals surface area contributed by atoms with Gasteiger partial charge in [0.15, 0.2) is 0 Å². The van der Waals surface area contributed by atoms with Crippen LogP contribution in [0.15, 0.2) is 48.5 Å². The summed E-state index contributed by atoms with van der Waals surface area (Å²) < 4.78 is 0. The van der Waals surface area contributed by atoms with E-state index in [1.807, 2.05) is 55.1 Å². The summed E-state index contributed by atoms with van der Waals surface area (Å²) in [6.45, 7) is 9.55. The van der Waals surface area contributed by atoms with E-state index in [9.17, 15) is 9.90 Å². The van der Waals surface area contributed by atoms with Gasteiger partial charge in [-0.15, -0.1) is 0 Å². The Hall–Kier alpha value is -2.53. The van der Waals surface area contributed by atoms with Crippen molar-refractivity contribution in [1.29, 1.82) is 0 Å². The molecule has 0 bridgehead atoms. The van der Waals surface area contributed by atoms with Gasteiger partial charge in [-0.1, -0.05) is 6.07 Å². The molecule has 0 unspecified atom stereocenters. The van der Waals surface area contributed by atoms with Crippen LogP contribution in [0.2, 0.25) is 0 Å². The number of hydrogen-bond donors (Lipinski definition) is 1. The Balaban J connectivity index is 1.81. The second-order valence-corrected chi connectivity index (χ2v) is 7.24. The quantitative estimate of drug-likeness (QED) is 0.748. The van der Waals surface area contributed by atoms with Crippen molar-refractivity contribution >= 4 is 17.3 Å². The van der Waals surface area contributed by atoms with E-state index in [4.69, 9.17) is 0 Å². The molecule has 5 nitrogen and oxygen atoms in total. The molecule has 150 valence electrons. The van der Waals surface area contributed by atoms with Crippen molar-refractivity contribution in [2.24, 2.45) is 0 Å². The number of carbonyl (C=O) groups excluding carboxylic acids is 1. The lowest BCUT2D eigenvalue weighted by Crippen LogP contribution is -2.31. The molecule has 5 heteroatoms. The summed E-state index contributed by atoms with van der Waals surface area (Å²) in [6, 6.07) is 15.2. The molecule has 0 atom stereocenters. The summed E-state index contributed by atoms with van der Waals surface area (Å²) >= 11 is 0.